The normalized spacial score (nSPS) is 11.8. The fourth-order valence-electron chi connectivity index (χ4n) is 3.85. The number of aromatic nitrogens is 5. The standard InChI is InChI=1S/C18H14Cl4N2O.C10H7N3S/c19-12-4-5-13(17(22)8-12)18(9-24-7-6-23-11-24)25-10-14-15(20)2-1-3-16(14)21;1-2-4-8-7(3-1)12-10(13-8)9-5-14-6-11-9/h1-8,11,18H,9-10H2;1-6H,(H,12,13). The molecule has 1 atom stereocenters. The molecular formula is C28H21Cl4N5OS. The number of nitrogens with one attached hydrogen (secondary N) is 1. The van der Waals surface area contributed by atoms with E-state index in [2.05, 4.69) is 19.9 Å². The molecule has 3 heterocycles. The van der Waals surface area contributed by atoms with Crippen molar-refractivity contribution < 1.29 is 4.74 Å². The lowest BCUT2D eigenvalue weighted by Gasteiger charge is -2.21. The summed E-state index contributed by atoms with van der Waals surface area (Å²) in [5, 5.41) is 4.23. The van der Waals surface area contributed by atoms with Gasteiger partial charge in [0.1, 0.15) is 11.8 Å². The van der Waals surface area contributed by atoms with Crippen LogP contribution in [-0.2, 0) is 17.9 Å². The van der Waals surface area contributed by atoms with E-state index >= 15 is 0 Å². The van der Waals surface area contributed by atoms with Crippen molar-refractivity contribution in [1.82, 2.24) is 24.5 Å². The highest BCUT2D eigenvalue weighted by molar-refractivity contribution is 7.07. The minimum absolute atomic E-state index is 0.261. The van der Waals surface area contributed by atoms with Crippen molar-refractivity contribution in [1.29, 1.82) is 0 Å². The Morgan fingerprint density at radius 3 is 2.46 bits per heavy atom. The average Bonchev–Trinajstić information content (AvgIpc) is 3.70. The number of fused-ring (bicyclic) bond motifs is 1. The van der Waals surface area contributed by atoms with Gasteiger partial charge in [-0.05, 0) is 36.4 Å². The van der Waals surface area contributed by atoms with Crippen molar-refractivity contribution >= 4 is 68.8 Å². The molecule has 6 rings (SSSR count). The molecule has 0 saturated heterocycles. The zero-order chi connectivity index (χ0) is 27.2. The number of H-pyrrole nitrogens is 1. The number of nitrogens with zero attached hydrogens (tertiary/aromatic N) is 4. The van der Waals surface area contributed by atoms with Crippen molar-refractivity contribution in [2.24, 2.45) is 0 Å². The summed E-state index contributed by atoms with van der Waals surface area (Å²) in [4.78, 5) is 15.9. The second-order valence-electron chi connectivity index (χ2n) is 8.40. The highest BCUT2D eigenvalue weighted by atomic mass is 35.5. The first kappa shape index (κ1) is 27.6. The van der Waals surface area contributed by atoms with Gasteiger partial charge in [-0.1, -0.05) is 70.7 Å². The molecule has 0 amide bonds. The molecule has 198 valence electrons. The summed E-state index contributed by atoms with van der Waals surface area (Å²) >= 11 is 26.4. The van der Waals surface area contributed by atoms with E-state index in [4.69, 9.17) is 51.1 Å². The highest BCUT2D eigenvalue weighted by Crippen LogP contribution is 2.32. The van der Waals surface area contributed by atoms with E-state index in [0.29, 0.717) is 26.6 Å². The minimum Gasteiger partial charge on any atom is -0.367 e. The summed E-state index contributed by atoms with van der Waals surface area (Å²) in [5.41, 5.74) is 6.33. The Bertz CT molecular complexity index is 1600. The van der Waals surface area contributed by atoms with Crippen molar-refractivity contribution in [3.8, 4) is 11.5 Å². The number of hydrogen-bond donors (Lipinski definition) is 1. The molecule has 1 unspecified atom stereocenters. The first-order valence-electron chi connectivity index (χ1n) is 11.8. The molecule has 0 radical (unpaired) electrons. The number of halogens is 4. The van der Waals surface area contributed by atoms with Crippen LogP contribution >= 0.6 is 57.7 Å². The van der Waals surface area contributed by atoms with Gasteiger partial charge in [-0.15, -0.1) is 11.3 Å². The predicted molar refractivity (Wildman–Crippen MR) is 160 cm³/mol. The van der Waals surface area contributed by atoms with Crippen LogP contribution in [0.2, 0.25) is 20.1 Å². The van der Waals surface area contributed by atoms with Crippen LogP contribution in [0.25, 0.3) is 22.6 Å². The number of aromatic amines is 1. The van der Waals surface area contributed by atoms with Crippen LogP contribution in [0, 0.1) is 0 Å². The third-order valence-electron chi connectivity index (χ3n) is 5.80. The van der Waals surface area contributed by atoms with Gasteiger partial charge in [0.15, 0.2) is 5.82 Å². The number of thiazole rings is 1. The Balaban J connectivity index is 0.000000184. The number of para-hydroxylation sites is 2. The summed E-state index contributed by atoms with van der Waals surface area (Å²) in [6.07, 6.45) is 4.99. The number of ether oxygens (including phenoxy) is 1. The van der Waals surface area contributed by atoms with E-state index in [0.717, 1.165) is 33.7 Å². The van der Waals surface area contributed by atoms with E-state index in [9.17, 15) is 0 Å². The molecule has 0 aliphatic heterocycles. The van der Waals surface area contributed by atoms with Crippen molar-refractivity contribution in [3.63, 3.8) is 0 Å². The minimum atomic E-state index is -0.314. The predicted octanol–water partition coefficient (Wildman–Crippen LogP) is 9.14. The van der Waals surface area contributed by atoms with Gasteiger partial charge in [-0.2, -0.15) is 0 Å². The number of hydrogen-bond acceptors (Lipinski definition) is 5. The zero-order valence-corrected chi connectivity index (χ0v) is 24.1. The molecule has 6 aromatic rings. The number of imidazole rings is 2. The summed E-state index contributed by atoms with van der Waals surface area (Å²) in [7, 11) is 0. The van der Waals surface area contributed by atoms with Crippen LogP contribution in [-0.4, -0.2) is 24.5 Å². The topological polar surface area (TPSA) is 68.6 Å². The van der Waals surface area contributed by atoms with Gasteiger partial charge in [0, 0.05) is 49.0 Å². The first-order chi connectivity index (χ1) is 19.0. The van der Waals surface area contributed by atoms with Crippen molar-refractivity contribution in [2.75, 3.05) is 0 Å². The average molecular weight is 617 g/mol. The zero-order valence-electron chi connectivity index (χ0n) is 20.3. The smallest absolute Gasteiger partial charge is 0.158 e. The third kappa shape index (κ3) is 7.00. The molecule has 0 bridgehead atoms. The molecule has 39 heavy (non-hydrogen) atoms. The second kappa shape index (κ2) is 13.0. The molecule has 3 aromatic carbocycles. The maximum atomic E-state index is 6.37. The van der Waals surface area contributed by atoms with E-state index in [1.54, 1.807) is 54.2 Å². The summed E-state index contributed by atoms with van der Waals surface area (Å²) in [6.45, 7) is 0.806. The SMILES string of the molecule is Clc1ccc(C(Cn2ccnc2)OCc2c(Cl)cccc2Cl)c(Cl)c1.c1ccc2[nH]c(-c3cscn3)nc2c1. The maximum absolute atomic E-state index is 6.37. The Kier molecular flexibility index (Phi) is 9.19. The van der Waals surface area contributed by atoms with Crippen LogP contribution in [0.1, 0.15) is 17.2 Å². The molecule has 3 aromatic heterocycles. The number of benzene rings is 3. The summed E-state index contributed by atoms with van der Waals surface area (Å²) < 4.78 is 8.05. The van der Waals surface area contributed by atoms with Gasteiger partial charge in [-0.25, -0.2) is 15.0 Å². The Hall–Kier alpha value is -2.91. The maximum Gasteiger partial charge on any atom is 0.158 e. The van der Waals surface area contributed by atoms with Crippen LogP contribution < -0.4 is 0 Å². The number of rotatable bonds is 7. The summed E-state index contributed by atoms with van der Waals surface area (Å²) in [5.74, 6) is 0.840. The van der Waals surface area contributed by atoms with Crippen LogP contribution in [0.3, 0.4) is 0 Å². The molecule has 0 fully saturated rings. The molecule has 11 heteroatoms. The van der Waals surface area contributed by atoms with Gasteiger partial charge >= 0.3 is 0 Å². The molecular weight excluding hydrogens is 596 g/mol. The van der Waals surface area contributed by atoms with Gasteiger partial charge in [-0.3, -0.25) is 0 Å². The molecule has 0 aliphatic carbocycles. The molecule has 0 spiro atoms. The molecule has 6 nitrogen and oxygen atoms in total. The van der Waals surface area contributed by atoms with E-state index in [1.807, 2.05) is 52.0 Å². The van der Waals surface area contributed by atoms with Crippen molar-refractivity contribution in [2.45, 2.75) is 19.3 Å². The lowest BCUT2D eigenvalue weighted by atomic mass is 10.1. The van der Waals surface area contributed by atoms with E-state index in [1.165, 1.54) is 0 Å². The fourth-order valence-corrected chi connectivity index (χ4v) is 5.42. The molecule has 0 aliphatic rings. The lowest BCUT2D eigenvalue weighted by molar-refractivity contribution is 0.0281. The quantitative estimate of drug-likeness (QED) is 0.194. The highest BCUT2D eigenvalue weighted by Gasteiger charge is 2.18. The van der Waals surface area contributed by atoms with Gasteiger partial charge in [0.25, 0.3) is 0 Å². The van der Waals surface area contributed by atoms with Gasteiger partial charge < -0.3 is 14.3 Å². The molecule has 1 N–H and O–H groups in total. The monoisotopic (exact) mass is 615 g/mol. The Morgan fingerprint density at radius 1 is 0.949 bits per heavy atom. The fraction of sp³-hybridized carbons (Fsp3) is 0.107. The van der Waals surface area contributed by atoms with Crippen LogP contribution in [0.15, 0.2) is 90.3 Å². The van der Waals surface area contributed by atoms with Gasteiger partial charge in [0.05, 0.1) is 36.0 Å². The molecule has 0 saturated carbocycles. The first-order valence-corrected chi connectivity index (χ1v) is 14.2. The second-order valence-corrected chi connectivity index (χ2v) is 10.8. The Morgan fingerprint density at radius 2 is 1.77 bits per heavy atom. The largest absolute Gasteiger partial charge is 0.367 e. The van der Waals surface area contributed by atoms with E-state index < -0.39 is 0 Å². The Labute approximate surface area is 249 Å². The summed E-state index contributed by atoms with van der Waals surface area (Å²) in [6, 6.07) is 18.7. The lowest BCUT2D eigenvalue weighted by Crippen LogP contribution is -2.13. The third-order valence-corrected chi connectivity index (χ3v) is 7.66. The van der Waals surface area contributed by atoms with E-state index in [-0.39, 0.29) is 12.7 Å². The van der Waals surface area contributed by atoms with Gasteiger partial charge in [0.2, 0.25) is 0 Å². The van der Waals surface area contributed by atoms with Crippen LogP contribution in [0.5, 0.6) is 0 Å². The van der Waals surface area contributed by atoms with Crippen LogP contribution in [0.4, 0.5) is 0 Å². The van der Waals surface area contributed by atoms with Crippen molar-refractivity contribution in [3.05, 3.63) is 121 Å².